The predicted molar refractivity (Wildman–Crippen MR) is 76.4 cm³/mol. The van der Waals surface area contributed by atoms with E-state index in [1.165, 1.54) is 11.1 Å². The first-order valence-electron chi connectivity index (χ1n) is 7.43. The summed E-state index contributed by atoms with van der Waals surface area (Å²) in [5, 5.41) is 14.2. The van der Waals surface area contributed by atoms with Crippen molar-refractivity contribution in [2.45, 2.75) is 37.8 Å². The van der Waals surface area contributed by atoms with Gasteiger partial charge >= 0.3 is 0 Å². The third kappa shape index (κ3) is 1.52. The van der Waals surface area contributed by atoms with Crippen molar-refractivity contribution in [3.05, 3.63) is 45.4 Å². The highest BCUT2D eigenvalue weighted by Crippen LogP contribution is 2.52. The van der Waals surface area contributed by atoms with Gasteiger partial charge in [0.15, 0.2) is 0 Å². The fraction of sp³-hybridized carbons (Fsp3) is 0.562. The molecule has 0 amide bonds. The predicted octanol–water partition coefficient (Wildman–Crippen LogP) is 1.06. The normalized spacial score (nSPS) is 38.7. The smallest absolute Gasteiger partial charge is 0.248 e. The van der Waals surface area contributed by atoms with Crippen molar-refractivity contribution < 1.29 is 5.11 Å². The molecule has 3 N–H and O–H groups in total. The number of aromatic nitrogens is 1. The molecule has 2 heterocycles. The molecule has 20 heavy (non-hydrogen) atoms. The number of hydrogen-bond acceptors (Lipinski definition) is 3. The highest BCUT2D eigenvalue weighted by atomic mass is 16.3. The number of rotatable bonds is 0. The summed E-state index contributed by atoms with van der Waals surface area (Å²) in [6.45, 7) is 3.00. The summed E-state index contributed by atoms with van der Waals surface area (Å²) in [7, 11) is 0. The minimum Gasteiger partial charge on any atom is -0.393 e. The molecular weight excluding hydrogens is 252 g/mol. The number of aromatic amines is 1. The van der Waals surface area contributed by atoms with Crippen LogP contribution in [0.15, 0.2) is 28.6 Å². The molecule has 4 atom stereocenters. The van der Waals surface area contributed by atoms with E-state index in [-0.39, 0.29) is 23.1 Å². The molecule has 1 fully saturated rings. The van der Waals surface area contributed by atoms with Gasteiger partial charge in [0.2, 0.25) is 5.56 Å². The summed E-state index contributed by atoms with van der Waals surface area (Å²) in [5.74, 6) is 0.537. The Kier molecular flexibility index (Phi) is 2.51. The third-order valence-corrected chi connectivity index (χ3v) is 5.30. The summed E-state index contributed by atoms with van der Waals surface area (Å²) in [6, 6.07) is 3.57. The summed E-state index contributed by atoms with van der Waals surface area (Å²) in [5.41, 5.74) is 3.38. The van der Waals surface area contributed by atoms with E-state index in [0.29, 0.717) is 5.92 Å². The Hall–Kier alpha value is -1.39. The number of fused-ring (bicyclic) bond motifs is 1. The van der Waals surface area contributed by atoms with Gasteiger partial charge in [-0.3, -0.25) is 4.79 Å². The molecule has 1 aromatic rings. The zero-order chi connectivity index (χ0) is 13.9. The van der Waals surface area contributed by atoms with Gasteiger partial charge in [0, 0.05) is 17.7 Å². The Morgan fingerprint density at radius 1 is 1.40 bits per heavy atom. The van der Waals surface area contributed by atoms with Crippen LogP contribution in [0.3, 0.4) is 0 Å². The zero-order valence-electron chi connectivity index (χ0n) is 11.6. The molecule has 4 nitrogen and oxygen atoms in total. The molecule has 1 aromatic heterocycles. The van der Waals surface area contributed by atoms with Gasteiger partial charge in [-0.25, -0.2) is 0 Å². The third-order valence-electron chi connectivity index (χ3n) is 5.30. The van der Waals surface area contributed by atoms with Gasteiger partial charge in [-0.2, -0.15) is 0 Å². The fourth-order valence-electron chi connectivity index (χ4n) is 4.76. The lowest BCUT2D eigenvalue weighted by atomic mass is 9.56. The quantitative estimate of drug-likeness (QED) is 0.619. The number of H-pyrrole nitrogens is 1. The second-order valence-corrected chi connectivity index (χ2v) is 6.55. The summed E-state index contributed by atoms with van der Waals surface area (Å²) in [6.07, 6.45) is 4.60. The standard InChI is InChI=1S/C16H20N2O2/c1-9-6-10-7-12-11(2-3-14(20)18-12)16(8-9)15(10)13(19)4-5-17-16/h2-3,6,10,13,15,17,19H,4-5,7-8H2,1H3,(H,18,20)/t10-,13+,15-,16-/m0/s1. The topological polar surface area (TPSA) is 65.1 Å². The molecule has 0 saturated carbocycles. The fourth-order valence-corrected chi connectivity index (χ4v) is 4.76. The van der Waals surface area contributed by atoms with Crippen molar-refractivity contribution in [1.29, 1.82) is 0 Å². The molecule has 1 aliphatic heterocycles. The SMILES string of the molecule is CC1=C[C@H]2Cc3[nH]c(=O)ccc3[C@]3(C1)NCC[C@@H](O)[C@H]23. The summed E-state index contributed by atoms with van der Waals surface area (Å²) < 4.78 is 0. The van der Waals surface area contributed by atoms with Crippen molar-refractivity contribution in [3.63, 3.8) is 0 Å². The monoisotopic (exact) mass is 272 g/mol. The van der Waals surface area contributed by atoms with Gasteiger partial charge in [0.25, 0.3) is 0 Å². The first-order valence-corrected chi connectivity index (χ1v) is 7.43. The van der Waals surface area contributed by atoms with Crippen molar-refractivity contribution in [1.82, 2.24) is 10.3 Å². The van der Waals surface area contributed by atoms with Gasteiger partial charge in [0.05, 0.1) is 11.6 Å². The van der Waals surface area contributed by atoms with Gasteiger partial charge < -0.3 is 15.4 Å². The highest BCUT2D eigenvalue weighted by molar-refractivity contribution is 5.40. The van der Waals surface area contributed by atoms with Gasteiger partial charge in [0.1, 0.15) is 0 Å². The van der Waals surface area contributed by atoms with E-state index in [2.05, 4.69) is 23.3 Å². The minimum atomic E-state index is -0.259. The van der Waals surface area contributed by atoms with Crippen LogP contribution in [0.4, 0.5) is 0 Å². The first kappa shape index (κ1) is 12.4. The Balaban J connectivity index is 1.96. The molecule has 4 heteroatoms. The highest BCUT2D eigenvalue weighted by Gasteiger charge is 2.54. The van der Waals surface area contributed by atoms with Crippen molar-refractivity contribution in [2.75, 3.05) is 6.54 Å². The Labute approximate surface area is 117 Å². The van der Waals surface area contributed by atoms with Crippen molar-refractivity contribution in [3.8, 4) is 0 Å². The summed E-state index contributed by atoms with van der Waals surface area (Å²) >= 11 is 0. The van der Waals surface area contributed by atoms with Crippen LogP contribution >= 0.6 is 0 Å². The maximum atomic E-state index is 11.6. The summed E-state index contributed by atoms with van der Waals surface area (Å²) in [4.78, 5) is 14.6. The minimum absolute atomic E-state index is 0.0336. The van der Waals surface area contributed by atoms with Crippen LogP contribution in [0.1, 0.15) is 31.0 Å². The van der Waals surface area contributed by atoms with E-state index < -0.39 is 0 Å². The van der Waals surface area contributed by atoms with Gasteiger partial charge in [-0.1, -0.05) is 11.6 Å². The second-order valence-electron chi connectivity index (χ2n) is 6.55. The molecule has 1 saturated heterocycles. The molecule has 0 radical (unpaired) electrons. The molecule has 2 aliphatic carbocycles. The van der Waals surface area contributed by atoms with Gasteiger partial charge in [-0.05, 0) is 50.3 Å². The average Bonchev–Trinajstić information content (AvgIpc) is 2.37. The van der Waals surface area contributed by atoms with Crippen LogP contribution in [-0.4, -0.2) is 22.7 Å². The van der Waals surface area contributed by atoms with E-state index >= 15 is 0 Å². The molecule has 3 aliphatic rings. The van der Waals surface area contributed by atoms with Crippen LogP contribution in [0.2, 0.25) is 0 Å². The number of aliphatic hydroxyl groups excluding tert-OH is 1. The maximum absolute atomic E-state index is 11.6. The van der Waals surface area contributed by atoms with Crippen molar-refractivity contribution >= 4 is 0 Å². The number of nitrogens with one attached hydrogen (secondary N) is 2. The molecule has 0 aromatic carbocycles. The molecule has 0 spiro atoms. The zero-order valence-corrected chi connectivity index (χ0v) is 11.6. The van der Waals surface area contributed by atoms with Crippen molar-refractivity contribution in [2.24, 2.45) is 11.8 Å². The number of pyridine rings is 1. The molecule has 2 bridgehead atoms. The van der Waals surface area contributed by atoms with E-state index in [4.69, 9.17) is 0 Å². The molecule has 106 valence electrons. The van der Waals surface area contributed by atoms with Gasteiger partial charge in [-0.15, -0.1) is 0 Å². The molecular formula is C16H20N2O2. The van der Waals surface area contributed by atoms with E-state index in [0.717, 1.165) is 31.5 Å². The van der Waals surface area contributed by atoms with E-state index in [1.54, 1.807) is 6.07 Å². The average molecular weight is 272 g/mol. The Morgan fingerprint density at radius 3 is 3.10 bits per heavy atom. The maximum Gasteiger partial charge on any atom is 0.248 e. The second kappa shape index (κ2) is 4.06. The van der Waals surface area contributed by atoms with E-state index in [1.807, 2.05) is 6.07 Å². The Bertz CT molecular complexity index is 648. The lowest BCUT2D eigenvalue weighted by molar-refractivity contribution is -0.0325. The largest absolute Gasteiger partial charge is 0.393 e. The van der Waals surface area contributed by atoms with Crippen LogP contribution in [-0.2, 0) is 12.0 Å². The Morgan fingerprint density at radius 2 is 2.25 bits per heavy atom. The van der Waals surface area contributed by atoms with Crippen LogP contribution in [0.5, 0.6) is 0 Å². The number of hydrogen-bond donors (Lipinski definition) is 3. The van der Waals surface area contributed by atoms with E-state index in [9.17, 15) is 9.90 Å². The lowest BCUT2D eigenvalue weighted by Crippen LogP contribution is -2.63. The van der Waals surface area contributed by atoms with Crippen LogP contribution < -0.4 is 10.9 Å². The lowest BCUT2D eigenvalue weighted by Gasteiger charge is -2.56. The molecule has 0 unspecified atom stereocenters. The van der Waals surface area contributed by atoms with Crippen LogP contribution in [0.25, 0.3) is 0 Å². The van der Waals surface area contributed by atoms with Crippen LogP contribution in [0, 0.1) is 11.8 Å². The number of allylic oxidation sites excluding steroid dienone is 1. The molecule has 4 rings (SSSR count). The first-order chi connectivity index (χ1) is 9.60. The number of piperidine rings is 1. The number of aliphatic hydroxyl groups is 1.